The van der Waals surface area contributed by atoms with Gasteiger partial charge in [-0.1, -0.05) is 23.7 Å². The standard InChI is InChI=1S/C12H15ClN2O/c1-8(14)11(16)15-12(5-6-12)9-3-2-4-10(13)7-9/h2-4,7-8H,5-6,14H2,1H3,(H,15,16). The van der Waals surface area contributed by atoms with Crippen molar-refractivity contribution in [3.8, 4) is 0 Å². The molecular weight excluding hydrogens is 224 g/mol. The summed E-state index contributed by atoms with van der Waals surface area (Å²) in [7, 11) is 0. The Hall–Kier alpha value is -1.06. The smallest absolute Gasteiger partial charge is 0.237 e. The molecular formula is C12H15ClN2O. The number of hydrogen-bond acceptors (Lipinski definition) is 2. The normalized spacial score (nSPS) is 18.9. The van der Waals surface area contributed by atoms with Gasteiger partial charge >= 0.3 is 0 Å². The molecule has 1 fully saturated rings. The lowest BCUT2D eigenvalue weighted by molar-refractivity contribution is -0.123. The van der Waals surface area contributed by atoms with Crippen molar-refractivity contribution in [2.75, 3.05) is 0 Å². The topological polar surface area (TPSA) is 55.1 Å². The predicted molar refractivity (Wildman–Crippen MR) is 64.2 cm³/mol. The second kappa shape index (κ2) is 4.07. The number of nitrogens with one attached hydrogen (secondary N) is 1. The molecule has 0 bridgehead atoms. The number of carbonyl (C=O) groups excluding carboxylic acids is 1. The monoisotopic (exact) mass is 238 g/mol. The van der Waals surface area contributed by atoms with Crippen LogP contribution in [-0.2, 0) is 10.3 Å². The van der Waals surface area contributed by atoms with Crippen molar-refractivity contribution in [2.45, 2.75) is 31.3 Å². The molecule has 1 aromatic carbocycles. The zero-order valence-electron chi connectivity index (χ0n) is 9.16. The van der Waals surface area contributed by atoms with Crippen LogP contribution in [0.4, 0.5) is 0 Å². The van der Waals surface area contributed by atoms with Crippen LogP contribution in [0.25, 0.3) is 0 Å². The minimum Gasteiger partial charge on any atom is -0.345 e. The highest BCUT2D eigenvalue weighted by Gasteiger charge is 2.45. The van der Waals surface area contributed by atoms with E-state index in [9.17, 15) is 4.79 Å². The van der Waals surface area contributed by atoms with E-state index in [1.165, 1.54) is 0 Å². The van der Waals surface area contributed by atoms with E-state index < -0.39 is 6.04 Å². The summed E-state index contributed by atoms with van der Waals surface area (Å²) >= 11 is 5.94. The molecule has 0 aromatic heterocycles. The third kappa shape index (κ3) is 2.20. The van der Waals surface area contributed by atoms with Crippen LogP contribution in [0.1, 0.15) is 25.3 Å². The third-order valence-corrected chi connectivity index (χ3v) is 3.14. The third-order valence-electron chi connectivity index (χ3n) is 2.90. The Balaban J connectivity index is 2.17. The summed E-state index contributed by atoms with van der Waals surface area (Å²) in [5, 5.41) is 3.68. The van der Waals surface area contributed by atoms with Crippen LogP contribution in [0, 0.1) is 0 Å². The second-order valence-electron chi connectivity index (χ2n) is 4.37. The number of halogens is 1. The molecule has 4 heteroatoms. The highest BCUT2D eigenvalue weighted by molar-refractivity contribution is 6.30. The molecule has 0 heterocycles. The van der Waals surface area contributed by atoms with E-state index in [1.54, 1.807) is 6.92 Å². The molecule has 1 amide bonds. The fourth-order valence-electron chi connectivity index (χ4n) is 1.75. The molecule has 1 aliphatic carbocycles. The predicted octanol–water partition coefficient (Wildman–Crippen LogP) is 1.79. The molecule has 86 valence electrons. The maximum Gasteiger partial charge on any atom is 0.237 e. The van der Waals surface area contributed by atoms with Crippen LogP contribution in [0.3, 0.4) is 0 Å². The van der Waals surface area contributed by atoms with Gasteiger partial charge in [-0.05, 0) is 37.5 Å². The Kier molecular flexibility index (Phi) is 2.91. The van der Waals surface area contributed by atoms with Gasteiger partial charge in [-0.25, -0.2) is 0 Å². The van der Waals surface area contributed by atoms with Crippen LogP contribution >= 0.6 is 11.6 Å². The van der Waals surface area contributed by atoms with E-state index in [4.69, 9.17) is 17.3 Å². The summed E-state index contributed by atoms with van der Waals surface area (Å²) in [5.41, 5.74) is 6.38. The molecule has 0 aliphatic heterocycles. The molecule has 1 unspecified atom stereocenters. The van der Waals surface area contributed by atoms with Crippen molar-refractivity contribution in [1.29, 1.82) is 0 Å². The van der Waals surface area contributed by atoms with Gasteiger partial charge in [0.1, 0.15) is 0 Å². The van der Waals surface area contributed by atoms with Gasteiger partial charge in [0.15, 0.2) is 0 Å². The van der Waals surface area contributed by atoms with Crippen LogP contribution in [0.2, 0.25) is 5.02 Å². The summed E-state index contributed by atoms with van der Waals surface area (Å²) in [6.45, 7) is 1.68. The maximum absolute atomic E-state index is 11.6. The molecule has 0 radical (unpaired) electrons. The van der Waals surface area contributed by atoms with E-state index in [2.05, 4.69) is 5.32 Å². The van der Waals surface area contributed by atoms with Gasteiger partial charge < -0.3 is 11.1 Å². The fraction of sp³-hybridized carbons (Fsp3) is 0.417. The van der Waals surface area contributed by atoms with Gasteiger partial charge in [0.2, 0.25) is 5.91 Å². The Bertz CT molecular complexity index is 413. The van der Waals surface area contributed by atoms with Gasteiger partial charge in [-0.3, -0.25) is 4.79 Å². The van der Waals surface area contributed by atoms with E-state index in [0.29, 0.717) is 5.02 Å². The Morgan fingerprint density at radius 2 is 2.25 bits per heavy atom. The summed E-state index contributed by atoms with van der Waals surface area (Å²) in [6, 6.07) is 7.14. The molecule has 2 rings (SSSR count). The van der Waals surface area contributed by atoms with Crippen molar-refractivity contribution >= 4 is 17.5 Å². The van der Waals surface area contributed by atoms with E-state index >= 15 is 0 Å². The number of nitrogens with two attached hydrogens (primary N) is 1. The highest BCUT2D eigenvalue weighted by atomic mass is 35.5. The zero-order chi connectivity index (χ0) is 11.8. The lowest BCUT2D eigenvalue weighted by Gasteiger charge is -2.19. The van der Waals surface area contributed by atoms with Gasteiger partial charge in [-0.15, -0.1) is 0 Å². The minimum atomic E-state index is -0.475. The number of rotatable bonds is 3. The van der Waals surface area contributed by atoms with Crippen LogP contribution in [0.5, 0.6) is 0 Å². The molecule has 3 N–H and O–H groups in total. The Morgan fingerprint density at radius 1 is 1.56 bits per heavy atom. The lowest BCUT2D eigenvalue weighted by atomic mass is 10.0. The van der Waals surface area contributed by atoms with Gasteiger partial charge in [0, 0.05) is 5.02 Å². The first-order valence-electron chi connectivity index (χ1n) is 5.37. The summed E-state index contributed by atoms with van der Waals surface area (Å²) in [5.74, 6) is -0.113. The SMILES string of the molecule is CC(N)C(=O)NC1(c2cccc(Cl)c2)CC1. The first-order chi connectivity index (χ1) is 7.53. The van der Waals surface area contributed by atoms with Gasteiger partial charge in [0.25, 0.3) is 0 Å². The average Bonchev–Trinajstić information content (AvgIpc) is 2.99. The Labute approximate surface area is 100.0 Å². The highest BCUT2D eigenvalue weighted by Crippen LogP contribution is 2.45. The number of benzene rings is 1. The largest absolute Gasteiger partial charge is 0.345 e. The quantitative estimate of drug-likeness (QED) is 0.844. The van der Waals surface area contributed by atoms with E-state index in [1.807, 2.05) is 24.3 Å². The van der Waals surface area contributed by atoms with Crippen molar-refractivity contribution in [3.63, 3.8) is 0 Å². The van der Waals surface area contributed by atoms with E-state index in [0.717, 1.165) is 18.4 Å². The molecule has 3 nitrogen and oxygen atoms in total. The zero-order valence-corrected chi connectivity index (χ0v) is 9.92. The molecule has 0 saturated heterocycles. The van der Waals surface area contributed by atoms with Crippen LogP contribution in [0.15, 0.2) is 24.3 Å². The lowest BCUT2D eigenvalue weighted by Crippen LogP contribution is -2.44. The molecule has 1 atom stereocenters. The van der Waals surface area contributed by atoms with Crippen molar-refractivity contribution in [1.82, 2.24) is 5.32 Å². The van der Waals surface area contributed by atoms with E-state index in [-0.39, 0.29) is 11.4 Å². The number of hydrogen-bond donors (Lipinski definition) is 2. The van der Waals surface area contributed by atoms with Crippen molar-refractivity contribution < 1.29 is 4.79 Å². The molecule has 16 heavy (non-hydrogen) atoms. The number of carbonyl (C=O) groups is 1. The van der Waals surface area contributed by atoms with Crippen molar-refractivity contribution in [2.24, 2.45) is 5.73 Å². The summed E-state index contributed by atoms with van der Waals surface area (Å²) in [4.78, 5) is 11.6. The summed E-state index contributed by atoms with van der Waals surface area (Å²) < 4.78 is 0. The number of amides is 1. The average molecular weight is 239 g/mol. The van der Waals surface area contributed by atoms with Crippen LogP contribution in [-0.4, -0.2) is 11.9 Å². The van der Waals surface area contributed by atoms with Gasteiger partial charge in [-0.2, -0.15) is 0 Å². The summed E-state index contributed by atoms with van der Waals surface area (Å²) in [6.07, 6.45) is 1.90. The first kappa shape index (κ1) is 11.4. The minimum absolute atomic E-state index is 0.113. The fourth-order valence-corrected chi connectivity index (χ4v) is 1.94. The Morgan fingerprint density at radius 3 is 2.75 bits per heavy atom. The maximum atomic E-state index is 11.6. The van der Waals surface area contributed by atoms with Crippen molar-refractivity contribution in [3.05, 3.63) is 34.9 Å². The molecule has 0 spiro atoms. The molecule has 1 aromatic rings. The second-order valence-corrected chi connectivity index (χ2v) is 4.81. The first-order valence-corrected chi connectivity index (χ1v) is 5.75. The molecule has 1 saturated carbocycles. The van der Waals surface area contributed by atoms with Crippen LogP contribution < -0.4 is 11.1 Å². The van der Waals surface area contributed by atoms with Gasteiger partial charge in [0.05, 0.1) is 11.6 Å². The molecule has 1 aliphatic rings.